The second-order valence-corrected chi connectivity index (χ2v) is 3.46. The lowest BCUT2D eigenvalue weighted by Crippen LogP contribution is -2.37. The molecule has 1 aliphatic carbocycles. The van der Waals surface area contributed by atoms with Crippen LogP contribution in [0.2, 0.25) is 0 Å². The lowest BCUT2D eigenvalue weighted by atomic mass is 9.95. The fraction of sp³-hybridized carbons (Fsp3) is 0.556. The van der Waals surface area contributed by atoms with E-state index in [9.17, 15) is 9.59 Å². The van der Waals surface area contributed by atoms with Crippen LogP contribution in [0.15, 0.2) is 12.2 Å². The van der Waals surface area contributed by atoms with Crippen molar-refractivity contribution in [2.45, 2.75) is 12.8 Å². The molecule has 1 saturated carbocycles. The van der Waals surface area contributed by atoms with E-state index in [2.05, 4.69) is 11.9 Å². The summed E-state index contributed by atoms with van der Waals surface area (Å²) in [6.07, 6.45) is 0.974. The quantitative estimate of drug-likeness (QED) is 0.327. The summed E-state index contributed by atoms with van der Waals surface area (Å²) in [6, 6.07) is 0. The molecule has 5 nitrogen and oxygen atoms in total. The first-order valence-corrected chi connectivity index (χ1v) is 4.42. The number of hydrogen-bond acceptors (Lipinski definition) is 3. The van der Waals surface area contributed by atoms with E-state index >= 15 is 0 Å². The highest BCUT2D eigenvalue weighted by Gasteiger charge is 2.38. The molecular weight excluding hydrogens is 184 g/mol. The molecule has 2 atom stereocenters. The lowest BCUT2D eigenvalue weighted by Gasteiger charge is -2.14. The van der Waals surface area contributed by atoms with Gasteiger partial charge in [0, 0.05) is 7.05 Å². The average Bonchev–Trinajstić information content (AvgIpc) is 2.58. The molecule has 0 saturated heterocycles. The van der Waals surface area contributed by atoms with Crippen LogP contribution >= 0.6 is 0 Å². The van der Waals surface area contributed by atoms with Crippen molar-refractivity contribution in [1.82, 2.24) is 10.8 Å². The Morgan fingerprint density at radius 2 is 1.86 bits per heavy atom. The van der Waals surface area contributed by atoms with Crippen LogP contribution in [0.1, 0.15) is 12.8 Å². The van der Waals surface area contributed by atoms with Gasteiger partial charge in [-0.25, -0.2) is 5.48 Å². The molecule has 2 amide bonds. The number of hydroxylamine groups is 1. The van der Waals surface area contributed by atoms with Gasteiger partial charge in [-0.3, -0.25) is 14.8 Å². The minimum atomic E-state index is -0.516. The average molecular weight is 198 g/mol. The number of hydrogen-bond donors (Lipinski definition) is 3. The maximum Gasteiger partial charge on any atom is 0.247 e. The monoisotopic (exact) mass is 198 g/mol. The zero-order valence-electron chi connectivity index (χ0n) is 8.04. The molecule has 3 N–H and O–H groups in total. The number of amides is 2. The predicted octanol–water partition coefficient (Wildman–Crippen LogP) is -0.180. The van der Waals surface area contributed by atoms with Crippen LogP contribution in [-0.4, -0.2) is 24.1 Å². The van der Waals surface area contributed by atoms with Gasteiger partial charge in [-0.05, 0) is 12.8 Å². The van der Waals surface area contributed by atoms with Gasteiger partial charge >= 0.3 is 0 Å². The Kier molecular flexibility index (Phi) is 3.24. The first-order chi connectivity index (χ1) is 6.60. The van der Waals surface area contributed by atoms with Gasteiger partial charge in [-0.15, -0.1) is 0 Å². The molecule has 0 radical (unpaired) electrons. The summed E-state index contributed by atoms with van der Waals surface area (Å²) in [4.78, 5) is 22.6. The molecule has 1 fully saturated rings. The highest BCUT2D eigenvalue weighted by Crippen LogP contribution is 2.35. The molecule has 1 rings (SSSR count). The second kappa shape index (κ2) is 4.23. The fourth-order valence-electron chi connectivity index (χ4n) is 1.81. The standard InChI is InChI=1S/C9H14N2O3/c1-5-3-6(8(12)10-2)7(4-5)9(13)11-14/h6-7,14H,1,3-4H2,2H3,(H,10,12)(H,11,13)/t6-,7-/m0/s1. The molecule has 0 aliphatic heterocycles. The highest BCUT2D eigenvalue weighted by molar-refractivity contribution is 5.88. The molecular formula is C9H14N2O3. The van der Waals surface area contributed by atoms with Gasteiger partial charge in [0.25, 0.3) is 0 Å². The van der Waals surface area contributed by atoms with Gasteiger partial charge in [0.1, 0.15) is 0 Å². The maximum absolute atomic E-state index is 11.4. The van der Waals surface area contributed by atoms with Gasteiger partial charge < -0.3 is 5.32 Å². The van der Waals surface area contributed by atoms with E-state index in [1.807, 2.05) is 0 Å². The SMILES string of the molecule is C=C1C[C@H](C(=O)NC)[C@@H](C(=O)NO)C1. The number of carbonyl (C=O) groups excluding carboxylic acids is 2. The van der Waals surface area contributed by atoms with Gasteiger partial charge in [0.15, 0.2) is 0 Å². The Morgan fingerprint density at radius 3 is 2.29 bits per heavy atom. The zero-order valence-corrected chi connectivity index (χ0v) is 8.04. The van der Waals surface area contributed by atoms with Crippen molar-refractivity contribution >= 4 is 11.8 Å². The number of allylic oxidation sites excluding steroid dienone is 1. The Balaban J connectivity index is 2.77. The van der Waals surface area contributed by atoms with Crippen molar-refractivity contribution in [3.05, 3.63) is 12.2 Å². The molecule has 14 heavy (non-hydrogen) atoms. The minimum absolute atomic E-state index is 0.183. The van der Waals surface area contributed by atoms with Crippen LogP contribution in [-0.2, 0) is 9.59 Å². The summed E-state index contributed by atoms with van der Waals surface area (Å²) in [5, 5.41) is 11.0. The van der Waals surface area contributed by atoms with E-state index in [1.54, 1.807) is 5.48 Å². The second-order valence-electron chi connectivity index (χ2n) is 3.46. The third kappa shape index (κ3) is 1.93. The van der Waals surface area contributed by atoms with Crippen molar-refractivity contribution < 1.29 is 14.8 Å². The van der Waals surface area contributed by atoms with E-state index in [0.29, 0.717) is 12.8 Å². The zero-order chi connectivity index (χ0) is 10.7. The van der Waals surface area contributed by atoms with Crippen molar-refractivity contribution in [3.63, 3.8) is 0 Å². The Morgan fingerprint density at radius 1 is 1.36 bits per heavy atom. The highest BCUT2D eigenvalue weighted by atomic mass is 16.5. The molecule has 1 aliphatic rings. The van der Waals surface area contributed by atoms with E-state index in [1.165, 1.54) is 7.05 Å². The lowest BCUT2D eigenvalue weighted by molar-refractivity contribution is -0.138. The van der Waals surface area contributed by atoms with Crippen LogP contribution in [0.4, 0.5) is 0 Å². The Labute approximate surface area is 82.1 Å². The molecule has 0 bridgehead atoms. The molecule has 5 heteroatoms. The summed E-state index contributed by atoms with van der Waals surface area (Å²) in [5.74, 6) is -1.60. The first kappa shape index (κ1) is 10.7. The summed E-state index contributed by atoms with van der Waals surface area (Å²) in [5.41, 5.74) is 2.44. The van der Waals surface area contributed by atoms with E-state index in [4.69, 9.17) is 5.21 Å². The van der Waals surface area contributed by atoms with Gasteiger partial charge in [-0.1, -0.05) is 12.2 Å². The summed E-state index contributed by atoms with van der Waals surface area (Å²) >= 11 is 0. The molecule has 0 spiro atoms. The number of nitrogens with one attached hydrogen (secondary N) is 2. The van der Waals surface area contributed by atoms with Gasteiger partial charge in [0.2, 0.25) is 11.8 Å². The molecule has 0 aromatic heterocycles. The molecule has 0 aromatic rings. The van der Waals surface area contributed by atoms with Crippen LogP contribution < -0.4 is 10.8 Å². The van der Waals surface area contributed by atoms with E-state index in [-0.39, 0.29) is 5.91 Å². The minimum Gasteiger partial charge on any atom is -0.359 e. The normalized spacial score (nSPS) is 26.0. The predicted molar refractivity (Wildman–Crippen MR) is 49.3 cm³/mol. The van der Waals surface area contributed by atoms with Crippen LogP contribution in [0.5, 0.6) is 0 Å². The van der Waals surface area contributed by atoms with Gasteiger partial charge in [-0.2, -0.15) is 0 Å². The Bertz CT molecular complexity index is 249. The molecule has 0 aromatic carbocycles. The van der Waals surface area contributed by atoms with Gasteiger partial charge in [0.05, 0.1) is 11.8 Å². The van der Waals surface area contributed by atoms with Crippen LogP contribution in [0, 0.1) is 11.8 Å². The molecule has 0 heterocycles. The summed E-state index contributed by atoms with van der Waals surface area (Å²) in [7, 11) is 1.53. The van der Waals surface area contributed by atoms with Crippen molar-refractivity contribution in [3.8, 4) is 0 Å². The van der Waals surface area contributed by atoms with Crippen molar-refractivity contribution in [2.75, 3.05) is 7.05 Å². The Hall–Kier alpha value is -1.36. The smallest absolute Gasteiger partial charge is 0.247 e. The van der Waals surface area contributed by atoms with Crippen LogP contribution in [0.3, 0.4) is 0 Å². The van der Waals surface area contributed by atoms with Crippen molar-refractivity contribution in [2.24, 2.45) is 11.8 Å². The molecule has 0 unspecified atom stereocenters. The third-order valence-electron chi connectivity index (χ3n) is 2.53. The number of rotatable bonds is 2. The first-order valence-electron chi connectivity index (χ1n) is 4.42. The van der Waals surface area contributed by atoms with E-state index < -0.39 is 17.7 Å². The third-order valence-corrected chi connectivity index (χ3v) is 2.53. The molecule has 78 valence electrons. The topological polar surface area (TPSA) is 78.4 Å². The summed E-state index contributed by atoms with van der Waals surface area (Å²) < 4.78 is 0. The van der Waals surface area contributed by atoms with Crippen LogP contribution in [0.25, 0.3) is 0 Å². The number of carbonyl (C=O) groups is 2. The maximum atomic E-state index is 11.4. The fourth-order valence-corrected chi connectivity index (χ4v) is 1.81. The van der Waals surface area contributed by atoms with Crippen molar-refractivity contribution in [1.29, 1.82) is 0 Å². The summed E-state index contributed by atoms with van der Waals surface area (Å²) in [6.45, 7) is 3.75. The largest absolute Gasteiger partial charge is 0.359 e. The van der Waals surface area contributed by atoms with E-state index in [0.717, 1.165) is 5.57 Å².